The van der Waals surface area contributed by atoms with Crippen LogP contribution in [0.15, 0.2) is 35.3 Å². The van der Waals surface area contributed by atoms with Crippen LogP contribution in [0, 0.1) is 0 Å². The summed E-state index contributed by atoms with van der Waals surface area (Å²) in [4.78, 5) is 12.9. The number of carboxylic acid groups (broad SMARTS) is 1. The Kier molecular flexibility index (Phi) is 6.47. The first-order chi connectivity index (χ1) is 11.0. The van der Waals surface area contributed by atoms with Crippen LogP contribution < -0.4 is 4.74 Å². The fourth-order valence-electron chi connectivity index (χ4n) is 2.79. The zero-order valence-electron chi connectivity index (χ0n) is 12.9. The quantitative estimate of drug-likeness (QED) is 0.575. The number of amides is 1. The number of aliphatic hydroxyl groups excluding tert-OH is 1. The lowest BCUT2D eigenvalue weighted by molar-refractivity contribution is 0.0415. The van der Waals surface area contributed by atoms with E-state index in [9.17, 15) is 15.0 Å². The van der Waals surface area contributed by atoms with E-state index in [1.807, 2.05) is 24.3 Å². The van der Waals surface area contributed by atoms with Crippen molar-refractivity contribution in [3.63, 3.8) is 0 Å². The van der Waals surface area contributed by atoms with E-state index in [0.29, 0.717) is 31.7 Å². The van der Waals surface area contributed by atoms with Crippen LogP contribution in [0.2, 0.25) is 0 Å². The molecule has 1 heterocycles. The zero-order chi connectivity index (χ0) is 16.8. The van der Waals surface area contributed by atoms with Crippen molar-refractivity contribution in [3.8, 4) is 5.75 Å². The van der Waals surface area contributed by atoms with Crippen molar-refractivity contribution in [3.05, 3.63) is 40.9 Å². The highest BCUT2D eigenvalue weighted by Crippen LogP contribution is 2.37. The van der Waals surface area contributed by atoms with Crippen molar-refractivity contribution in [1.82, 2.24) is 4.90 Å². The molecule has 0 aliphatic carbocycles. The number of benzene rings is 1. The molecule has 2 rings (SSSR count). The molecule has 1 fully saturated rings. The minimum absolute atomic E-state index is 0.327. The van der Waals surface area contributed by atoms with Crippen LogP contribution in [0.3, 0.4) is 0 Å². The first-order valence-electron chi connectivity index (χ1n) is 7.73. The third kappa shape index (κ3) is 4.72. The van der Waals surface area contributed by atoms with Gasteiger partial charge >= 0.3 is 6.09 Å². The highest BCUT2D eigenvalue weighted by atomic mass is 79.9. The van der Waals surface area contributed by atoms with Crippen LogP contribution in [-0.4, -0.2) is 40.5 Å². The number of ether oxygens (including phenoxy) is 1. The summed E-state index contributed by atoms with van der Waals surface area (Å²) in [6.07, 6.45) is 2.95. The molecule has 6 heteroatoms. The number of halogens is 1. The summed E-state index contributed by atoms with van der Waals surface area (Å²) < 4.78 is 6.73. The normalized spacial score (nSPS) is 21.0. The molecule has 2 unspecified atom stereocenters. The molecule has 0 bridgehead atoms. The van der Waals surface area contributed by atoms with Gasteiger partial charge in [-0.3, -0.25) is 0 Å². The Hall–Kier alpha value is -1.53. The summed E-state index contributed by atoms with van der Waals surface area (Å²) in [5, 5.41) is 19.4. The number of unbranched alkanes of at least 4 members (excludes halogenated alkanes) is 1. The smallest absolute Gasteiger partial charge is 0.407 e. The molecule has 0 aromatic heterocycles. The molecule has 1 amide bonds. The van der Waals surface area contributed by atoms with Crippen molar-refractivity contribution in [2.24, 2.45) is 0 Å². The Labute approximate surface area is 144 Å². The average Bonchev–Trinajstić information content (AvgIpc) is 2.51. The van der Waals surface area contributed by atoms with Crippen molar-refractivity contribution in [1.29, 1.82) is 0 Å². The molecule has 126 valence electrons. The maximum Gasteiger partial charge on any atom is 0.407 e. The van der Waals surface area contributed by atoms with Crippen LogP contribution in [0.25, 0.3) is 0 Å². The standard InChI is InChI=1S/C17H22BrNO4/c1-2-3-4-9-23-16-10-12(18)5-6-14(16)15-11-13(20)7-8-19(15)17(21)22/h2,5-6,10,13,15,20H,1,3-4,7-9,11H2,(H,21,22). The second-order valence-electron chi connectivity index (χ2n) is 5.63. The van der Waals surface area contributed by atoms with Crippen LogP contribution in [-0.2, 0) is 0 Å². The van der Waals surface area contributed by atoms with E-state index in [1.54, 1.807) is 0 Å². The van der Waals surface area contributed by atoms with E-state index in [1.165, 1.54) is 4.90 Å². The number of carbonyl (C=O) groups is 1. The molecule has 23 heavy (non-hydrogen) atoms. The highest BCUT2D eigenvalue weighted by Gasteiger charge is 2.33. The SMILES string of the molecule is C=CCCCOc1cc(Br)ccc1C1CC(O)CCN1C(=O)O. The van der Waals surface area contributed by atoms with Crippen molar-refractivity contribution in [2.75, 3.05) is 13.2 Å². The van der Waals surface area contributed by atoms with Crippen molar-refractivity contribution in [2.45, 2.75) is 37.8 Å². The summed E-state index contributed by atoms with van der Waals surface area (Å²) in [6.45, 7) is 4.55. The van der Waals surface area contributed by atoms with Gasteiger partial charge in [0.25, 0.3) is 0 Å². The molecule has 1 aliphatic rings. The summed E-state index contributed by atoms with van der Waals surface area (Å²) >= 11 is 3.42. The number of aliphatic hydroxyl groups is 1. The molecule has 0 spiro atoms. The first-order valence-corrected chi connectivity index (χ1v) is 8.53. The maximum absolute atomic E-state index is 11.5. The van der Waals surface area contributed by atoms with Crippen LogP contribution in [0.5, 0.6) is 5.75 Å². The number of allylic oxidation sites excluding steroid dienone is 1. The minimum atomic E-state index is -0.970. The molecule has 5 nitrogen and oxygen atoms in total. The highest BCUT2D eigenvalue weighted by molar-refractivity contribution is 9.10. The monoisotopic (exact) mass is 383 g/mol. The van der Waals surface area contributed by atoms with Gasteiger partial charge in [0, 0.05) is 16.6 Å². The summed E-state index contributed by atoms with van der Waals surface area (Å²) in [6, 6.07) is 5.20. The van der Waals surface area contributed by atoms with Gasteiger partial charge in [0.1, 0.15) is 5.75 Å². The van der Waals surface area contributed by atoms with E-state index in [2.05, 4.69) is 22.5 Å². The number of hydrogen-bond acceptors (Lipinski definition) is 3. The lowest BCUT2D eigenvalue weighted by Crippen LogP contribution is -2.42. The topological polar surface area (TPSA) is 70.0 Å². The minimum Gasteiger partial charge on any atom is -0.493 e. The van der Waals surface area contributed by atoms with Gasteiger partial charge < -0.3 is 19.8 Å². The fraction of sp³-hybridized carbons (Fsp3) is 0.471. The number of likely N-dealkylation sites (tertiary alicyclic amines) is 1. The average molecular weight is 384 g/mol. The third-order valence-electron chi connectivity index (χ3n) is 3.97. The largest absolute Gasteiger partial charge is 0.493 e. The van der Waals surface area contributed by atoms with E-state index < -0.39 is 18.2 Å². The second kappa shape index (κ2) is 8.36. The fourth-order valence-corrected chi connectivity index (χ4v) is 3.13. The van der Waals surface area contributed by atoms with E-state index in [4.69, 9.17) is 4.74 Å². The molecule has 1 aromatic rings. The lowest BCUT2D eigenvalue weighted by atomic mass is 9.93. The van der Waals surface area contributed by atoms with Gasteiger partial charge in [-0.15, -0.1) is 6.58 Å². The van der Waals surface area contributed by atoms with Crippen LogP contribution >= 0.6 is 15.9 Å². The Bertz CT molecular complexity index is 564. The zero-order valence-corrected chi connectivity index (χ0v) is 14.5. The molecule has 0 saturated carbocycles. The van der Waals surface area contributed by atoms with Gasteiger partial charge in [0.2, 0.25) is 0 Å². The van der Waals surface area contributed by atoms with Gasteiger partial charge in [-0.1, -0.05) is 28.1 Å². The lowest BCUT2D eigenvalue weighted by Gasteiger charge is -2.36. The molecular weight excluding hydrogens is 362 g/mol. The van der Waals surface area contributed by atoms with Gasteiger partial charge in [-0.2, -0.15) is 0 Å². The van der Waals surface area contributed by atoms with E-state index in [0.717, 1.165) is 22.9 Å². The van der Waals surface area contributed by atoms with E-state index >= 15 is 0 Å². The predicted molar refractivity (Wildman–Crippen MR) is 91.8 cm³/mol. The van der Waals surface area contributed by atoms with Gasteiger partial charge in [-0.25, -0.2) is 4.79 Å². The molecule has 1 aromatic carbocycles. The second-order valence-corrected chi connectivity index (χ2v) is 6.55. The Balaban J connectivity index is 2.24. The molecule has 0 radical (unpaired) electrons. The number of nitrogens with zero attached hydrogens (tertiary/aromatic N) is 1. The van der Waals surface area contributed by atoms with Gasteiger partial charge in [0.15, 0.2) is 0 Å². The Morgan fingerprint density at radius 1 is 1.52 bits per heavy atom. The maximum atomic E-state index is 11.5. The number of hydrogen-bond donors (Lipinski definition) is 2. The van der Waals surface area contributed by atoms with Crippen molar-refractivity contribution < 1.29 is 19.7 Å². The first kappa shape index (κ1) is 17.8. The molecule has 2 atom stereocenters. The van der Waals surface area contributed by atoms with Crippen LogP contribution in [0.1, 0.15) is 37.3 Å². The molecule has 1 saturated heterocycles. The van der Waals surface area contributed by atoms with Gasteiger partial charge in [-0.05, 0) is 37.8 Å². The molecule has 2 N–H and O–H groups in total. The Morgan fingerprint density at radius 3 is 3.00 bits per heavy atom. The number of rotatable bonds is 6. The molecular formula is C17H22BrNO4. The van der Waals surface area contributed by atoms with Crippen LogP contribution in [0.4, 0.5) is 4.79 Å². The Morgan fingerprint density at radius 2 is 2.30 bits per heavy atom. The third-order valence-corrected chi connectivity index (χ3v) is 4.46. The van der Waals surface area contributed by atoms with Gasteiger partial charge in [0.05, 0.1) is 18.8 Å². The number of piperidine rings is 1. The summed E-state index contributed by atoms with van der Waals surface area (Å²) in [5.74, 6) is 0.661. The van der Waals surface area contributed by atoms with Crippen molar-refractivity contribution >= 4 is 22.0 Å². The van der Waals surface area contributed by atoms with E-state index in [-0.39, 0.29) is 0 Å². The summed E-state index contributed by atoms with van der Waals surface area (Å²) in [5.41, 5.74) is 0.799. The molecule has 1 aliphatic heterocycles. The predicted octanol–water partition coefficient (Wildman–Crippen LogP) is 3.97. The summed E-state index contributed by atoms with van der Waals surface area (Å²) in [7, 11) is 0.